The van der Waals surface area contributed by atoms with Gasteiger partial charge in [-0.15, -0.1) is 0 Å². The van der Waals surface area contributed by atoms with E-state index in [1.807, 2.05) is 13.0 Å². The lowest BCUT2D eigenvalue weighted by Crippen LogP contribution is -1.98. The molecule has 0 heterocycles. The molecule has 0 saturated carbocycles. The molecule has 0 rings (SSSR count). The van der Waals surface area contributed by atoms with Crippen molar-refractivity contribution in [3.8, 4) is 0 Å². The van der Waals surface area contributed by atoms with Crippen molar-refractivity contribution in [2.75, 3.05) is 0 Å². The fraction of sp³-hybridized carbons (Fsp3) is 0.143. The summed E-state index contributed by atoms with van der Waals surface area (Å²) in [4.78, 5) is 0. The van der Waals surface area contributed by atoms with Crippen LogP contribution < -0.4 is 5.32 Å². The monoisotopic (exact) mass is 187 g/mol. The molecule has 0 amide bonds. The van der Waals surface area contributed by atoms with Gasteiger partial charge in [0.2, 0.25) is 0 Å². The molecule has 0 aromatic heterocycles. The highest BCUT2D eigenvalue weighted by atomic mass is 79.9. The van der Waals surface area contributed by atoms with Crippen LogP contribution in [0.3, 0.4) is 0 Å². The Hall–Kier alpha value is -0.500. The molecule has 0 aromatic carbocycles. The lowest BCUT2D eigenvalue weighted by atomic mass is 10.4. The Balaban J connectivity index is 3.76. The van der Waals surface area contributed by atoms with Crippen LogP contribution in [0.5, 0.6) is 0 Å². The second kappa shape index (κ2) is 4.39. The summed E-state index contributed by atoms with van der Waals surface area (Å²) in [5, 5.41) is 2.84. The zero-order chi connectivity index (χ0) is 7.28. The minimum atomic E-state index is 0.833. The van der Waals surface area contributed by atoms with Gasteiger partial charge in [-0.05, 0) is 23.7 Å². The Morgan fingerprint density at radius 1 is 1.67 bits per heavy atom. The molecule has 0 aliphatic carbocycles. The van der Waals surface area contributed by atoms with Crippen molar-refractivity contribution in [2.24, 2.45) is 0 Å². The van der Waals surface area contributed by atoms with Crippen LogP contribution in [0.25, 0.3) is 0 Å². The van der Waals surface area contributed by atoms with Crippen LogP contribution >= 0.6 is 15.9 Å². The molecule has 2 heteroatoms. The summed E-state index contributed by atoms with van der Waals surface area (Å²) in [5.41, 5.74) is 0.833. The summed E-state index contributed by atoms with van der Waals surface area (Å²) in [5.74, 6) is 0. The Morgan fingerprint density at radius 2 is 2.22 bits per heavy atom. The van der Waals surface area contributed by atoms with Crippen LogP contribution in [0.1, 0.15) is 6.92 Å². The normalized spacial score (nSPS) is 10.7. The fourth-order valence-corrected chi connectivity index (χ4v) is 0.689. The quantitative estimate of drug-likeness (QED) is 0.671. The van der Waals surface area contributed by atoms with Crippen molar-refractivity contribution in [1.29, 1.82) is 0 Å². The van der Waals surface area contributed by atoms with Gasteiger partial charge < -0.3 is 5.32 Å². The third-order valence-electron chi connectivity index (χ3n) is 0.661. The zero-order valence-corrected chi connectivity index (χ0v) is 7.03. The van der Waals surface area contributed by atoms with Gasteiger partial charge in [0.1, 0.15) is 0 Å². The van der Waals surface area contributed by atoms with Gasteiger partial charge in [-0.25, -0.2) is 0 Å². The molecular formula is C7H10BrN. The Kier molecular flexibility index (Phi) is 4.14. The second-order valence-corrected chi connectivity index (χ2v) is 2.86. The summed E-state index contributed by atoms with van der Waals surface area (Å²) < 4.78 is 1.04. The zero-order valence-electron chi connectivity index (χ0n) is 5.45. The van der Waals surface area contributed by atoms with E-state index in [9.17, 15) is 0 Å². The molecule has 0 unspecified atom stereocenters. The molecule has 0 spiro atoms. The predicted octanol–water partition coefficient (Wildman–Crippen LogP) is 2.53. The summed E-state index contributed by atoms with van der Waals surface area (Å²) in [6, 6.07) is 0. The van der Waals surface area contributed by atoms with Crippen molar-refractivity contribution in [1.82, 2.24) is 5.32 Å². The summed E-state index contributed by atoms with van der Waals surface area (Å²) in [6.07, 6.45) is 3.47. The van der Waals surface area contributed by atoms with Crippen LogP contribution in [0.4, 0.5) is 0 Å². The molecular weight excluding hydrogens is 178 g/mol. The first-order valence-corrected chi connectivity index (χ1v) is 3.36. The first-order chi connectivity index (χ1) is 4.16. The number of hydrogen-bond acceptors (Lipinski definition) is 1. The van der Waals surface area contributed by atoms with E-state index < -0.39 is 0 Å². The van der Waals surface area contributed by atoms with Crippen LogP contribution in [0, 0.1) is 0 Å². The Bertz CT molecular complexity index is 143. The van der Waals surface area contributed by atoms with Gasteiger partial charge in [0.15, 0.2) is 0 Å². The molecule has 0 radical (unpaired) electrons. The number of halogens is 1. The van der Waals surface area contributed by atoms with Crippen molar-refractivity contribution < 1.29 is 0 Å². The highest BCUT2D eigenvalue weighted by Gasteiger charge is 1.81. The molecule has 1 N–H and O–H groups in total. The van der Waals surface area contributed by atoms with E-state index in [0.717, 1.165) is 10.2 Å². The van der Waals surface area contributed by atoms with Gasteiger partial charge in [0.25, 0.3) is 0 Å². The number of nitrogens with one attached hydrogen (secondary N) is 1. The largest absolute Gasteiger partial charge is 0.363 e. The second-order valence-electron chi connectivity index (χ2n) is 1.60. The maximum atomic E-state index is 3.70. The number of hydrogen-bond donors (Lipinski definition) is 1. The van der Waals surface area contributed by atoms with Crippen LogP contribution in [0.15, 0.2) is 35.6 Å². The molecule has 0 aromatic rings. The van der Waals surface area contributed by atoms with Crippen molar-refractivity contribution in [2.45, 2.75) is 6.92 Å². The number of rotatable bonds is 3. The topological polar surface area (TPSA) is 12.0 Å². The first-order valence-electron chi connectivity index (χ1n) is 2.57. The van der Waals surface area contributed by atoms with Crippen molar-refractivity contribution >= 4 is 15.9 Å². The van der Waals surface area contributed by atoms with E-state index in [1.54, 1.807) is 6.20 Å². The molecule has 0 aliphatic heterocycles. The summed E-state index contributed by atoms with van der Waals surface area (Å²) >= 11 is 3.27. The highest BCUT2D eigenvalue weighted by molar-refractivity contribution is 9.11. The third kappa shape index (κ3) is 5.37. The van der Waals surface area contributed by atoms with E-state index in [2.05, 4.69) is 34.4 Å². The van der Waals surface area contributed by atoms with Crippen molar-refractivity contribution in [3.05, 3.63) is 35.6 Å². The third-order valence-corrected chi connectivity index (χ3v) is 0.889. The maximum Gasteiger partial charge on any atom is 0.0314 e. The van der Waals surface area contributed by atoms with E-state index >= 15 is 0 Å². The minimum Gasteiger partial charge on any atom is -0.363 e. The SMILES string of the molecule is C=CNC(=C)/C=C(\C)Br. The Labute approximate surface area is 64.3 Å². The maximum absolute atomic E-state index is 3.70. The van der Waals surface area contributed by atoms with E-state index in [0.29, 0.717) is 0 Å². The average Bonchev–Trinajstić information content (AvgIpc) is 1.63. The molecule has 50 valence electrons. The smallest absolute Gasteiger partial charge is 0.0314 e. The minimum absolute atomic E-state index is 0.833. The van der Waals surface area contributed by atoms with Gasteiger partial charge in [-0.1, -0.05) is 29.1 Å². The van der Waals surface area contributed by atoms with Crippen LogP contribution in [-0.2, 0) is 0 Å². The molecule has 0 atom stereocenters. The van der Waals surface area contributed by atoms with E-state index in [-0.39, 0.29) is 0 Å². The van der Waals surface area contributed by atoms with Gasteiger partial charge in [0, 0.05) is 5.70 Å². The van der Waals surface area contributed by atoms with Gasteiger partial charge >= 0.3 is 0 Å². The van der Waals surface area contributed by atoms with Gasteiger partial charge in [-0.2, -0.15) is 0 Å². The molecule has 0 saturated heterocycles. The fourth-order valence-electron chi connectivity index (χ4n) is 0.413. The molecule has 0 aliphatic rings. The predicted molar refractivity (Wildman–Crippen MR) is 45.2 cm³/mol. The van der Waals surface area contributed by atoms with Gasteiger partial charge in [0.05, 0.1) is 0 Å². The first kappa shape index (κ1) is 8.50. The van der Waals surface area contributed by atoms with Gasteiger partial charge in [-0.3, -0.25) is 0 Å². The van der Waals surface area contributed by atoms with E-state index in [1.165, 1.54) is 0 Å². The lowest BCUT2D eigenvalue weighted by Gasteiger charge is -1.96. The van der Waals surface area contributed by atoms with Crippen LogP contribution in [0.2, 0.25) is 0 Å². The lowest BCUT2D eigenvalue weighted by molar-refractivity contribution is 1.12. The summed E-state index contributed by atoms with van der Waals surface area (Å²) in [7, 11) is 0. The number of allylic oxidation sites excluding steroid dienone is 2. The average molecular weight is 188 g/mol. The Morgan fingerprint density at radius 3 is 2.56 bits per heavy atom. The molecule has 0 fully saturated rings. The van der Waals surface area contributed by atoms with E-state index in [4.69, 9.17) is 0 Å². The van der Waals surface area contributed by atoms with Crippen LogP contribution in [-0.4, -0.2) is 0 Å². The molecule has 1 nitrogen and oxygen atoms in total. The summed E-state index contributed by atoms with van der Waals surface area (Å²) in [6.45, 7) is 9.13. The van der Waals surface area contributed by atoms with Crippen molar-refractivity contribution in [3.63, 3.8) is 0 Å². The molecule has 0 bridgehead atoms. The standard InChI is InChI=1S/C7H10BrN/c1-4-9-7(3)5-6(2)8/h4-5,9H,1,3H2,2H3/b6-5+. The highest BCUT2D eigenvalue weighted by Crippen LogP contribution is 2.03. The molecule has 9 heavy (non-hydrogen) atoms.